The molecule has 3 heteroatoms. The van der Waals surface area contributed by atoms with Gasteiger partial charge in [-0.25, -0.2) is 0 Å². The number of aliphatic hydroxyl groups is 1. The van der Waals surface area contributed by atoms with Gasteiger partial charge in [0, 0.05) is 10.9 Å². The molecule has 12 heavy (non-hydrogen) atoms. The quantitative estimate of drug-likeness (QED) is 0.805. The maximum atomic E-state index is 10.1. The first kappa shape index (κ1) is 9.42. The molecule has 0 amide bonds. The molecule has 0 fully saturated rings. The van der Waals surface area contributed by atoms with Crippen molar-refractivity contribution >= 4 is 22.2 Å². The second kappa shape index (κ2) is 4.38. The van der Waals surface area contributed by atoms with E-state index in [0.29, 0.717) is 6.29 Å². The number of halogens is 1. The Labute approximate surface area is 79.3 Å². The third kappa shape index (κ3) is 2.43. The number of rotatable bonds is 3. The SMILES string of the molecule is O=CC[C@@H](O)c1ccc(Br)cc1. The van der Waals surface area contributed by atoms with Gasteiger partial charge in [-0.05, 0) is 17.7 Å². The summed E-state index contributed by atoms with van der Waals surface area (Å²) in [4.78, 5) is 10.1. The van der Waals surface area contributed by atoms with E-state index in [1.165, 1.54) is 0 Å². The van der Waals surface area contributed by atoms with E-state index >= 15 is 0 Å². The zero-order valence-electron chi connectivity index (χ0n) is 6.40. The van der Waals surface area contributed by atoms with Gasteiger partial charge in [-0.15, -0.1) is 0 Å². The Kier molecular flexibility index (Phi) is 3.44. The fraction of sp³-hybridized carbons (Fsp3) is 0.222. The number of carbonyl (C=O) groups excluding carboxylic acids is 1. The normalized spacial score (nSPS) is 12.5. The summed E-state index contributed by atoms with van der Waals surface area (Å²) in [7, 11) is 0. The van der Waals surface area contributed by atoms with Crippen LogP contribution in [0.3, 0.4) is 0 Å². The lowest BCUT2D eigenvalue weighted by atomic mass is 10.1. The first-order valence-corrected chi connectivity index (χ1v) is 4.40. The van der Waals surface area contributed by atoms with Crippen LogP contribution < -0.4 is 0 Å². The molecule has 0 spiro atoms. The molecule has 0 unspecified atom stereocenters. The fourth-order valence-electron chi connectivity index (χ4n) is 0.912. The van der Waals surface area contributed by atoms with Crippen LogP contribution >= 0.6 is 15.9 Å². The lowest BCUT2D eigenvalue weighted by Crippen LogP contribution is -1.96. The highest BCUT2D eigenvalue weighted by Gasteiger charge is 2.04. The molecule has 0 aromatic heterocycles. The molecule has 0 aliphatic carbocycles. The van der Waals surface area contributed by atoms with E-state index in [-0.39, 0.29) is 6.42 Å². The number of benzene rings is 1. The molecular weight excluding hydrogens is 220 g/mol. The Morgan fingerprint density at radius 3 is 2.50 bits per heavy atom. The highest BCUT2D eigenvalue weighted by molar-refractivity contribution is 9.10. The maximum Gasteiger partial charge on any atom is 0.122 e. The van der Waals surface area contributed by atoms with Crippen molar-refractivity contribution < 1.29 is 9.90 Å². The molecule has 0 saturated heterocycles. The summed E-state index contributed by atoms with van der Waals surface area (Å²) >= 11 is 3.28. The number of carbonyl (C=O) groups is 1. The van der Waals surface area contributed by atoms with E-state index in [2.05, 4.69) is 15.9 Å². The van der Waals surface area contributed by atoms with Crippen LogP contribution in [0.4, 0.5) is 0 Å². The van der Waals surface area contributed by atoms with Gasteiger partial charge < -0.3 is 9.90 Å². The zero-order valence-corrected chi connectivity index (χ0v) is 7.99. The highest BCUT2D eigenvalue weighted by atomic mass is 79.9. The highest BCUT2D eigenvalue weighted by Crippen LogP contribution is 2.18. The smallest absolute Gasteiger partial charge is 0.122 e. The molecule has 1 aromatic rings. The van der Waals surface area contributed by atoms with Gasteiger partial charge in [0.1, 0.15) is 6.29 Å². The summed E-state index contributed by atoms with van der Waals surface area (Å²) in [5, 5.41) is 9.36. The fourth-order valence-corrected chi connectivity index (χ4v) is 1.18. The van der Waals surface area contributed by atoms with Crippen molar-refractivity contribution in [3.63, 3.8) is 0 Å². The van der Waals surface area contributed by atoms with Gasteiger partial charge in [0.25, 0.3) is 0 Å². The first-order valence-electron chi connectivity index (χ1n) is 3.61. The third-order valence-electron chi connectivity index (χ3n) is 1.57. The van der Waals surface area contributed by atoms with E-state index in [0.717, 1.165) is 10.0 Å². The molecule has 0 bridgehead atoms. The van der Waals surface area contributed by atoms with Gasteiger partial charge in [0.15, 0.2) is 0 Å². The van der Waals surface area contributed by atoms with Crippen molar-refractivity contribution in [2.24, 2.45) is 0 Å². The minimum absolute atomic E-state index is 0.154. The summed E-state index contributed by atoms with van der Waals surface area (Å²) in [6, 6.07) is 7.25. The van der Waals surface area contributed by atoms with Crippen LogP contribution in [0.25, 0.3) is 0 Å². The van der Waals surface area contributed by atoms with Crippen molar-refractivity contribution in [1.82, 2.24) is 0 Å². The van der Waals surface area contributed by atoms with Crippen LogP contribution in [0.15, 0.2) is 28.7 Å². The number of hydrogen-bond acceptors (Lipinski definition) is 2. The monoisotopic (exact) mass is 228 g/mol. The molecule has 64 valence electrons. The lowest BCUT2D eigenvalue weighted by Gasteiger charge is -2.06. The van der Waals surface area contributed by atoms with E-state index < -0.39 is 6.10 Å². The molecule has 0 radical (unpaired) electrons. The minimum Gasteiger partial charge on any atom is -0.388 e. The molecule has 1 atom stereocenters. The second-order valence-electron chi connectivity index (χ2n) is 2.47. The predicted octanol–water partition coefficient (Wildman–Crippen LogP) is 2.07. The minimum atomic E-state index is -0.671. The van der Waals surface area contributed by atoms with Crippen LogP contribution in [-0.4, -0.2) is 11.4 Å². The Morgan fingerprint density at radius 1 is 1.42 bits per heavy atom. The Balaban J connectivity index is 2.74. The number of aliphatic hydroxyl groups excluding tert-OH is 1. The third-order valence-corrected chi connectivity index (χ3v) is 2.10. The van der Waals surface area contributed by atoms with E-state index in [1.54, 1.807) is 12.1 Å². The van der Waals surface area contributed by atoms with Crippen LogP contribution in [0.5, 0.6) is 0 Å². The standard InChI is InChI=1S/C9H9BrO2/c10-8-3-1-7(2-4-8)9(12)5-6-11/h1-4,6,9,12H,5H2/t9-/m1/s1. The molecule has 1 aromatic carbocycles. The molecule has 2 nitrogen and oxygen atoms in total. The largest absolute Gasteiger partial charge is 0.388 e. The lowest BCUT2D eigenvalue weighted by molar-refractivity contribution is -0.109. The molecule has 1 N–H and O–H groups in total. The van der Waals surface area contributed by atoms with E-state index in [9.17, 15) is 9.90 Å². The van der Waals surface area contributed by atoms with Gasteiger partial charge in [0.2, 0.25) is 0 Å². The van der Waals surface area contributed by atoms with Crippen LogP contribution in [-0.2, 0) is 4.79 Å². The second-order valence-corrected chi connectivity index (χ2v) is 3.39. The summed E-state index contributed by atoms with van der Waals surface area (Å²) in [5.41, 5.74) is 0.769. The average molecular weight is 229 g/mol. The summed E-state index contributed by atoms with van der Waals surface area (Å²) < 4.78 is 0.963. The van der Waals surface area contributed by atoms with Gasteiger partial charge in [-0.1, -0.05) is 28.1 Å². The van der Waals surface area contributed by atoms with Gasteiger partial charge in [0.05, 0.1) is 6.10 Å². The van der Waals surface area contributed by atoms with Gasteiger partial charge in [-0.3, -0.25) is 0 Å². The zero-order chi connectivity index (χ0) is 8.97. The molecule has 1 rings (SSSR count). The van der Waals surface area contributed by atoms with Crippen molar-refractivity contribution in [2.45, 2.75) is 12.5 Å². The topological polar surface area (TPSA) is 37.3 Å². The summed E-state index contributed by atoms with van der Waals surface area (Å²) in [6.45, 7) is 0. The Morgan fingerprint density at radius 2 is 2.00 bits per heavy atom. The number of hydrogen-bond donors (Lipinski definition) is 1. The van der Waals surface area contributed by atoms with Gasteiger partial charge >= 0.3 is 0 Å². The van der Waals surface area contributed by atoms with Crippen molar-refractivity contribution in [2.75, 3.05) is 0 Å². The summed E-state index contributed by atoms with van der Waals surface area (Å²) in [5.74, 6) is 0. The average Bonchev–Trinajstić information content (AvgIpc) is 2.06. The summed E-state index contributed by atoms with van der Waals surface area (Å²) in [6.07, 6.45) is 0.199. The van der Waals surface area contributed by atoms with Crippen molar-refractivity contribution in [3.8, 4) is 0 Å². The van der Waals surface area contributed by atoms with Crippen LogP contribution in [0.1, 0.15) is 18.1 Å². The molecule has 0 heterocycles. The van der Waals surface area contributed by atoms with Gasteiger partial charge in [-0.2, -0.15) is 0 Å². The van der Waals surface area contributed by atoms with Crippen molar-refractivity contribution in [1.29, 1.82) is 0 Å². The first-order chi connectivity index (χ1) is 5.74. The Bertz CT molecular complexity index is 256. The molecule has 0 aliphatic heterocycles. The molecule has 0 aliphatic rings. The number of aldehydes is 1. The predicted molar refractivity (Wildman–Crippen MR) is 49.8 cm³/mol. The van der Waals surface area contributed by atoms with Crippen LogP contribution in [0, 0.1) is 0 Å². The maximum absolute atomic E-state index is 10.1. The molecule has 0 saturated carbocycles. The van der Waals surface area contributed by atoms with E-state index in [4.69, 9.17) is 0 Å². The van der Waals surface area contributed by atoms with Crippen LogP contribution in [0.2, 0.25) is 0 Å². The van der Waals surface area contributed by atoms with E-state index in [1.807, 2.05) is 12.1 Å². The van der Waals surface area contributed by atoms with Crippen molar-refractivity contribution in [3.05, 3.63) is 34.3 Å². The molecular formula is C9H9BrO2. The Hall–Kier alpha value is -0.670.